The molecular weight excluding hydrogens is 332 g/mol. The highest BCUT2D eigenvalue weighted by atomic mass is 16.5. The van der Waals surface area contributed by atoms with E-state index in [-0.39, 0.29) is 11.2 Å². The fourth-order valence-corrected chi connectivity index (χ4v) is 3.14. The van der Waals surface area contributed by atoms with Crippen molar-refractivity contribution >= 4 is 0 Å². The van der Waals surface area contributed by atoms with E-state index in [2.05, 4.69) is 9.80 Å². The number of nitrogens with zero attached hydrogens (tertiary/aromatic N) is 4. The summed E-state index contributed by atoms with van der Waals surface area (Å²) in [6, 6.07) is 11.4. The molecule has 1 saturated heterocycles. The van der Waals surface area contributed by atoms with Crippen molar-refractivity contribution in [1.82, 2.24) is 18.9 Å². The second-order valence-electron chi connectivity index (χ2n) is 6.65. The molecule has 1 aliphatic heterocycles. The quantitative estimate of drug-likeness (QED) is 0.742. The van der Waals surface area contributed by atoms with Gasteiger partial charge in [-0.1, -0.05) is 18.2 Å². The zero-order chi connectivity index (χ0) is 18.5. The highest BCUT2D eigenvalue weighted by Gasteiger charge is 2.18. The first-order chi connectivity index (χ1) is 12.5. The molecule has 1 fully saturated rings. The van der Waals surface area contributed by atoms with Crippen molar-refractivity contribution in [2.45, 2.75) is 6.54 Å². The van der Waals surface area contributed by atoms with E-state index in [1.165, 1.54) is 7.05 Å². The highest BCUT2D eigenvalue weighted by molar-refractivity contribution is 5.20. The van der Waals surface area contributed by atoms with Crippen LogP contribution in [0.2, 0.25) is 0 Å². The molecule has 0 saturated carbocycles. The van der Waals surface area contributed by atoms with Crippen molar-refractivity contribution in [3.8, 4) is 5.75 Å². The van der Waals surface area contributed by atoms with Gasteiger partial charge in [0, 0.05) is 65.1 Å². The molecule has 1 aliphatic rings. The monoisotopic (exact) mass is 358 g/mol. The molecule has 140 valence electrons. The molecule has 26 heavy (non-hydrogen) atoms. The van der Waals surface area contributed by atoms with Crippen LogP contribution in [-0.2, 0) is 20.6 Å². The van der Waals surface area contributed by atoms with Crippen molar-refractivity contribution in [1.29, 1.82) is 0 Å². The van der Waals surface area contributed by atoms with Gasteiger partial charge in [0.1, 0.15) is 12.4 Å². The van der Waals surface area contributed by atoms with E-state index >= 15 is 0 Å². The van der Waals surface area contributed by atoms with Crippen LogP contribution in [-0.4, -0.2) is 58.3 Å². The molecule has 0 atom stereocenters. The summed E-state index contributed by atoms with van der Waals surface area (Å²) >= 11 is 0. The number of ether oxygens (including phenoxy) is 1. The number of benzene rings is 1. The Balaban J connectivity index is 1.47. The summed E-state index contributed by atoms with van der Waals surface area (Å²) in [5, 5.41) is 0. The Morgan fingerprint density at radius 2 is 1.58 bits per heavy atom. The topological polar surface area (TPSA) is 59.7 Å². The van der Waals surface area contributed by atoms with Crippen LogP contribution in [0, 0.1) is 0 Å². The maximum absolute atomic E-state index is 12.0. The van der Waals surface area contributed by atoms with E-state index in [4.69, 9.17) is 4.74 Å². The van der Waals surface area contributed by atoms with Crippen molar-refractivity contribution in [2.75, 3.05) is 39.3 Å². The molecule has 0 spiro atoms. The van der Waals surface area contributed by atoms with Crippen molar-refractivity contribution < 1.29 is 4.74 Å². The van der Waals surface area contributed by atoms with Crippen molar-refractivity contribution in [2.24, 2.45) is 14.1 Å². The summed E-state index contributed by atoms with van der Waals surface area (Å²) < 4.78 is 8.44. The largest absolute Gasteiger partial charge is 0.492 e. The van der Waals surface area contributed by atoms with Crippen LogP contribution in [0.5, 0.6) is 5.75 Å². The third-order valence-corrected chi connectivity index (χ3v) is 4.90. The molecule has 2 heterocycles. The third kappa shape index (κ3) is 4.42. The third-order valence-electron chi connectivity index (χ3n) is 4.90. The van der Waals surface area contributed by atoms with Gasteiger partial charge in [-0.15, -0.1) is 0 Å². The Morgan fingerprint density at radius 3 is 2.27 bits per heavy atom. The summed E-state index contributed by atoms with van der Waals surface area (Å²) in [6.45, 7) is 5.92. The Kier molecular flexibility index (Phi) is 5.90. The van der Waals surface area contributed by atoms with Crippen LogP contribution in [0.3, 0.4) is 0 Å². The maximum Gasteiger partial charge on any atom is 0.330 e. The van der Waals surface area contributed by atoms with Crippen molar-refractivity contribution in [3.63, 3.8) is 0 Å². The van der Waals surface area contributed by atoms with E-state index in [1.807, 2.05) is 30.3 Å². The van der Waals surface area contributed by atoms with E-state index in [0.717, 1.165) is 48.7 Å². The number of hydrogen-bond donors (Lipinski definition) is 0. The van der Waals surface area contributed by atoms with Crippen LogP contribution >= 0.6 is 0 Å². The lowest BCUT2D eigenvalue weighted by Gasteiger charge is -2.34. The van der Waals surface area contributed by atoms with Gasteiger partial charge in [-0.3, -0.25) is 23.7 Å². The number of hydrogen-bond acceptors (Lipinski definition) is 5. The van der Waals surface area contributed by atoms with Crippen LogP contribution < -0.4 is 16.0 Å². The summed E-state index contributed by atoms with van der Waals surface area (Å²) in [5.41, 5.74) is 0.239. The van der Waals surface area contributed by atoms with Gasteiger partial charge in [0.05, 0.1) is 0 Å². The molecule has 0 amide bonds. The lowest BCUT2D eigenvalue weighted by molar-refractivity contribution is 0.110. The summed E-state index contributed by atoms with van der Waals surface area (Å²) in [5.74, 6) is 0.901. The molecule has 0 N–H and O–H groups in total. The lowest BCUT2D eigenvalue weighted by atomic mass is 10.2. The minimum atomic E-state index is -0.274. The fourth-order valence-electron chi connectivity index (χ4n) is 3.14. The SMILES string of the molecule is Cn1c(CN2CCN(CCOc3ccccc3)CC2)cc(=O)n(C)c1=O. The summed E-state index contributed by atoms with van der Waals surface area (Å²) in [6.07, 6.45) is 0. The molecule has 1 aromatic heterocycles. The Morgan fingerprint density at radius 1 is 0.923 bits per heavy atom. The van der Waals surface area contributed by atoms with Gasteiger partial charge in [-0.25, -0.2) is 4.79 Å². The molecule has 2 aromatic rings. The van der Waals surface area contributed by atoms with Crippen LogP contribution in [0.4, 0.5) is 0 Å². The molecule has 0 radical (unpaired) electrons. The highest BCUT2D eigenvalue weighted by Crippen LogP contribution is 2.09. The van der Waals surface area contributed by atoms with Gasteiger partial charge >= 0.3 is 5.69 Å². The predicted octanol–water partition coefficient (Wildman–Crippen LogP) is 0.281. The molecule has 7 heteroatoms. The first-order valence-corrected chi connectivity index (χ1v) is 8.93. The molecule has 1 aromatic carbocycles. The number of aromatic nitrogens is 2. The van der Waals surface area contributed by atoms with E-state index < -0.39 is 0 Å². The molecule has 0 unspecified atom stereocenters. The van der Waals surface area contributed by atoms with Gasteiger partial charge in [0.15, 0.2) is 0 Å². The van der Waals surface area contributed by atoms with Gasteiger partial charge in [0.25, 0.3) is 5.56 Å². The van der Waals surface area contributed by atoms with E-state index in [0.29, 0.717) is 13.2 Å². The second-order valence-corrected chi connectivity index (χ2v) is 6.65. The van der Waals surface area contributed by atoms with Gasteiger partial charge in [0.2, 0.25) is 0 Å². The Labute approximate surface area is 153 Å². The zero-order valence-electron chi connectivity index (χ0n) is 15.4. The molecular formula is C19H26N4O3. The molecule has 3 rings (SSSR count). The van der Waals surface area contributed by atoms with Gasteiger partial charge in [-0.05, 0) is 12.1 Å². The number of rotatable bonds is 6. The predicted molar refractivity (Wildman–Crippen MR) is 101 cm³/mol. The van der Waals surface area contributed by atoms with E-state index in [9.17, 15) is 9.59 Å². The van der Waals surface area contributed by atoms with E-state index in [1.54, 1.807) is 17.7 Å². The molecule has 0 aliphatic carbocycles. The summed E-state index contributed by atoms with van der Waals surface area (Å²) in [7, 11) is 3.22. The van der Waals surface area contributed by atoms with Crippen LogP contribution in [0.1, 0.15) is 5.69 Å². The fraction of sp³-hybridized carbons (Fsp3) is 0.474. The van der Waals surface area contributed by atoms with Gasteiger partial charge in [-0.2, -0.15) is 0 Å². The Bertz CT molecular complexity index is 836. The normalized spacial score (nSPS) is 15.9. The standard InChI is InChI=1S/C19H26N4O3/c1-20-16(14-18(24)21(2)19(20)25)15-23-10-8-22(9-11-23)12-13-26-17-6-4-3-5-7-17/h3-7,14H,8-13,15H2,1-2H3. The second kappa shape index (κ2) is 8.33. The minimum absolute atomic E-state index is 0.250. The smallest absolute Gasteiger partial charge is 0.330 e. The van der Waals surface area contributed by atoms with Crippen molar-refractivity contribution in [3.05, 3.63) is 62.9 Å². The van der Waals surface area contributed by atoms with Crippen LogP contribution in [0.15, 0.2) is 46.0 Å². The summed E-state index contributed by atoms with van der Waals surface area (Å²) in [4.78, 5) is 28.5. The number of piperazine rings is 1. The first kappa shape index (κ1) is 18.4. The molecule has 7 nitrogen and oxygen atoms in total. The van der Waals surface area contributed by atoms with Gasteiger partial charge < -0.3 is 4.74 Å². The minimum Gasteiger partial charge on any atom is -0.492 e. The zero-order valence-corrected chi connectivity index (χ0v) is 15.4. The maximum atomic E-state index is 12.0. The Hall–Kier alpha value is -2.38. The first-order valence-electron chi connectivity index (χ1n) is 8.93. The molecule has 0 bridgehead atoms. The number of para-hydroxylation sites is 1. The lowest BCUT2D eigenvalue weighted by Crippen LogP contribution is -2.48. The average Bonchev–Trinajstić information content (AvgIpc) is 2.66. The average molecular weight is 358 g/mol. The van der Waals surface area contributed by atoms with Crippen LogP contribution in [0.25, 0.3) is 0 Å².